The number of nitrogens with two attached hydrogens (primary N) is 1. The molecule has 0 aromatic carbocycles. The van der Waals surface area contributed by atoms with Gasteiger partial charge in [-0.2, -0.15) is 0 Å². The number of aromatic nitrogens is 1. The number of nitrogens with one attached hydrogen (secondary N) is 1. The largest absolute Gasteiger partial charge is 0.367 e. The van der Waals surface area contributed by atoms with Crippen LogP contribution < -0.4 is 11.1 Å². The van der Waals surface area contributed by atoms with Crippen molar-refractivity contribution in [3.63, 3.8) is 0 Å². The van der Waals surface area contributed by atoms with Crippen LogP contribution >= 0.6 is 0 Å². The summed E-state index contributed by atoms with van der Waals surface area (Å²) in [6.07, 6.45) is 6.19. The summed E-state index contributed by atoms with van der Waals surface area (Å²) in [7, 11) is 0. The Balaban J connectivity index is 2.02. The molecule has 0 aliphatic heterocycles. The molecule has 3 N–H and O–H groups in total. The molecule has 0 saturated heterocycles. The van der Waals surface area contributed by atoms with Crippen molar-refractivity contribution in [3.8, 4) is 0 Å². The normalized spacial score (nSPS) is 17.0. The van der Waals surface area contributed by atoms with Gasteiger partial charge in [0.15, 0.2) is 0 Å². The standard InChI is InChI=1S/C12H16N3O/c13-12(16)10-7-4-8-11(15-10)14-9-5-2-1-3-6-9/h4,8-9H,1-3,5-6H2,(H2,13,16)(H,14,15). The third kappa shape index (κ3) is 2.72. The van der Waals surface area contributed by atoms with Crippen LogP contribution in [0.15, 0.2) is 12.1 Å². The highest BCUT2D eigenvalue weighted by Gasteiger charge is 2.13. The highest BCUT2D eigenvalue weighted by atomic mass is 16.1. The molecule has 85 valence electrons. The van der Waals surface area contributed by atoms with E-state index in [-0.39, 0.29) is 5.69 Å². The Morgan fingerprint density at radius 3 is 2.88 bits per heavy atom. The summed E-state index contributed by atoms with van der Waals surface area (Å²) >= 11 is 0. The highest BCUT2D eigenvalue weighted by molar-refractivity contribution is 5.90. The fourth-order valence-corrected chi connectivity index (χ4v) is 2.05. The van der Waals surface area contributed by atoms with Gasteiger partial charge >= 0.3 is 0 Å². The Kier molecular flexibility index (Phi) is 3.39. The maximum atomic E-state index is 10.9. The molecule has 1 aromatic rings. The van der Waals surface area contributed by atoms with E-state index in [4.69, 9.17) is 5.73 Å². The maximum absolute atomic E-state index is 10.9. The average molecular weight is 218 g/mol. The van der Waals surface area contributed by atoms with Gasteiger partial charge in [-0.1, -0.05) is 19.3 Å². The van der Waals surface area contributed by atoms with Crippen LogP contribution in [0.4, 0.5) is 5.82 Å². The SMILES string of the molecule is NC(=O)c1[c]ccc(NC2CCCCC2)n1. The van der Waals surface area contributed by atoms with Gasteiger partial charge in [0.1, 0.15) is 11.5 Å². The van der Waals surface area contributed by atoms with E-state index >= 15 is 0 Å². The lowest BCUT2D eigenvalue weighted by Crippen LogP contribution is -2.23. The van der Waals surface area contributed by atoms with Gasteiger partial charge in [-0.25, -0.2) is 4.98 Å². The fraction of sp³-hybridized carbons (Fsp3) is 0.500. The molecule has 1 amide bonds. The first-order valence-corrected chi connectivity index (χ1v) is 5.71. The molecule has 1 heterocycles. The Labute approximate surface area is 95.3 Å². The number of hydrogen-bond acceptors (Lipinski definition) is 3. The van der Waals surface area contributed by atoms with Gasteiger partial charge < -0.3 is 11.1 Å². The second-order valence-electron chi connectivity index (χ2n) is 4.17. The van der Waals surface area contributed by atoms with E-state index in [1.54, 1.807) is 6.07 Å². The minimum atomic E-state index is -0.535. The van der Waals surface area contributed by atoms with Crippen LogP contribution in [0, 0.1) is 6.07 Å². The van der Waals surface area contributed by atoms with E-state index in [9.17, 15) is 4.79 Å². The van der Waals surface area contributed by atoms with E-state index in [0.717, 1.165) is 5.82 Å². The molecule has 4 heteroatoms. The summed E-state index contributed by atoms with van der Waals surface area (Å²) in [6, 6.07) is 6.70. The summed E-state index contributed by atoms with van der Waals surface area (Å²) in [6.45, 7) is 0. The average Bonchev–Trinajstić information content (AvgIpc) is 2.30. The van der Waals surface area contributed by atoms with E-state index < -0.39 is 5.91 Å². The van der Waals surface area contributed by atoms with Gasteiger partial charge in [0, 0.05) is 12.1 Å². The van der Waals surface area contributed by atoms with Crippen molar-refractivity contribution in [1.82, 2.24) is 4.98 Å². The molecule has 1 fully saturated rings. The van der Waals surface area contributed by atoms with Crippen molar-refractivity contribution in [2.24, 2.45) is 5.73 Å². The molecule has 1 aromatic heterocycles. The molecule has 0 atom stereocenters. The Morgan fingerprint density at radius 1 is 1.44 bits per heavy atom. The Morgan fingerprint density at radius 2 is 2.19 bits per heavy atom. The van der Waals surface area contributed by atoms with Crippen LogP contribution in [0.25, 0.3) is 0 Å². The van der Waals surface area contributed by atoms with Crippen LogP contribution in [-0.2, 0) is 0 Å². The van der Waals surface area contributed by atoms with E-state index in [1.807, 2.05) is 6.07 Å². The van der Waals surface area contributed by atoms with Crippen molar-refractivity contribution in [2.45, 2.75) is 38.1 Å². The Bertz CT molecular complexity index is 372. The zero-order valence-corrected chi connectivity index (χ0v) is 9.20. The number of anilines is 1. The van der Waals surface area contributed by atoms with Crippen LogP contribution in [0.1, 0.15) is 42.6 Å². The number of hydrogen-bond donors (Lipinski definition) is 2. The smallest absolute Gasteiger partial charge is 0.268 e. The number of carbonyl (C=O) groups excluding carboxylic acids is 1. The van der Waals surface area contributed by atoms with E-state index in [0.29, 0.717) is 6.04 Å². The quantitative estimate of drug-likeness (QED) is 0.811. The minimum absolute atomic E-state index is 0.195. The van der Waals surface area contributed by atoms with Gasteiger partial charge in [0.05, 0.1) is 0 Å². The van der Waals surface area contributed by atoms with E-state index in [2.05, 4.69) is 16.4 Å². The molecule has 0 spiro atoms. The summed E-state index contributed by atoms with van der Waals surface area (Å²) in [5.41, 5.74) is 5.35. The first-order chi connectivity index (χ1) is 7.75. The predicted molar refractivity (Wildman–Crippen MR) is 62.1 cm³/mol. The van der Waals surface area contributed by atoms with Gasteiger partial charge in [-0.05, 0) is 25.0 Å². The molecule has 1 saturated carbocycles. The zero-order chi connectivity index (χ0) is 11.4. The van der Waals surface area contributed by atoms with Crippen molar-refractivity contribution < 1.29 is 4.79 Å². The molecule has 0 unspecified atom stereocenters. The van der Waals surface area contributed by atoms with Gasteiger partial charge in [-0.3, -0.25) is 4.79 Å². The molecular weight excluding hydrogens is 202 g/mol. The lowest BCUT2D eigenvalue weighted by molar-refractivity contribution is 0.0995. The van der Waals surface area contributed by atoms with Crippen molar-refractivity contribution in [1.29, 1.82) is 0 Å². The summed E-state index contributed by atoms with van der Waals surface area (Å²) in [5.74, 6) is 0.187. The van der Waals surface area contributed by atoms with Crippen LogP contribution in [0.3, 0.4) is 0 Å². The topological polar surface area (TPSA) is 68.0 Å². The van der Waals surface area contributed by atoms with Crippen LogP contribution in [-0.4, -0.2) is 16.9 Å². The number of amides is 1. The lowest BCUT2D eigenvalue weighted by Gasteiger charge is -2.23. The second-order valence-corrected chi connectivity index (χ2v) is 4.17. The third-order valence-corrected chi connectivity index (χ3v) is 2.88. The van der Waals surface area contributed by atoms with Crippen LogP contribution in [0.5, 0.6) is 0 Å². The number of nitrogens with zero attached hydrogens (tertiary/aromatic N) is 1. The van der Waals surface area contributed by atoms with Crippen molar-refractivity contribution >= 4 is 11.7 Å². The highest BCUT2D eigenvalue weighted by Crippen LogP contribution is 2.20. The summed E-state index contributed by atoms with van der Waals surface area (Å²) in [4.78, 5) is 15.1. The maximum Gasteiger partial charge on any atom is 0.268 e. The Hall–Kier alpha value is -1.58. The first-order valence-electron chi connectivity index (χ1n) is 5.71. The number of pyridine rings is 1. The molecule has 1 aliphatic rings. The zero-order valence-electron chi connectivity index (χ0n) is 9.20. The number of carbonyl (C=O) groups is 1. The summed E-state index contributed by atoms with van der Waals surface area (Å²) in [5, 5.41) is 3.34. The molecule has 16 heavy (non-hydrogen) atoms. The molecule has 0 bridgehead atoms. The lowest BCUT2D eigenvalue weighted by atomic mass is 9.95. The first kappa shape index (κ1) is 10.9. The monoisotopic (exact) mass is 218 g/mol. The molecular formula is C12H16N3O. The van der Waals surface area contributed by atoms with Gasteiger partial charge in [0.25, 0.3) is 5.91 Å². The third-order valence-electron chi connectivity index (χ3n) is 2.88. The number of primary amides is 1. The van der Waals surface area contributed by atoms with Crippen molar-refractivity contribution in [2.75, 3.05) is 5.32 Å². The summed E-state index contributed by atoms with van der Waals surface area (Å²) < 4.78 is 0. The van der Waals surface area contributed by atoms with Crippen LogP contribution in [0.2, 0.25) is 0 Å². The molecule has 1 radical (unpaired) electrons. The second kappa shape index (κ2) is 4.96. The van der Waals surface area contributed by atoms with Crippen molar-refractivity contribution in [3.05, 3.63) is 23.9 Å². The number of rotatable bonds is 3. The minimum Gasteiger partial charge on any atom is -0.367 e. The van der Waals surface area contributed by atoms with Gasteiger partial charge in [0.2, 0.25) is 0 Å². The molecule has 2 rings (SSSR count). The fourth-order valence-electron chi connectivity index (χ4n) is 2.05. The van der Waals surface area contributed by atoms with E-state index in [1.165, 1.54) is 32.1 Å². The predicted octanol–water partition coefficient (Wildman–Crippen LogP) is 1.73. The molecule has 4 nitrogen and oxygen atoms in total. The van der Waals surface area contributed by atoms with Gasteiger partial charge in [-0.15, -0.1) is 0 Å². The molecule has 1 aliphatic carbocycles.